The van der Waals surface area contributed by atoms with Crippen molar-refractivity contribution in [3.8, 4) is 0 Å². The third-order valence-corrected chi connectivity index (χ3v) is 0.626. The number of ether oxygens (including phenoxy) is 2. The van der Waals surface area contributed by atoms with Crippen molar-refractivity contribution in [1.29, 1.82) is 0 Å². The second-order valence-corrected chi connectivity index (χ2v) is 1.37. The van der Waals surface area contributed by atoms with Crippen LogP contribution in [0, 0.1) is 0 Å². The number of carboxylic acid groups (broad SMARTS) is 2. The quantitative estimate of drug-likeness (QED) is 0.363. The molecule has 0 aromatic carbocycles. The van der Waals surface area contributed by atoms with Crippen molar-refractivity contribution in [1.82, 2.24) is 0 Å². The molecule has 0 heterocycles. The minimum Gasteiger partial charge on any atom is -0.450 e. The molecule has 2 N–H and O–H groups in total. The van der Waals surface area contributed by atoms with Gasteiger partial charge in [0.1, 0.15) is 0 Å². The van der Waals surface area contributed by atoms with Crippen LogP contribution < -0.4 is 0 Å². The number of carbonyl (C=O) groups is 2. The molecule has 6 heteroatoms. The Kier molecular flexibility index (Phi) is 3.50. The van der Waals surface area contributed by atoms with E-state index in [1.54, 1.807) is 0 Å². The molecule has 0 atom stereocenters. The summed E-state index contributed by atoms with van der Waals surface area (Å²) in [6, 6.07) is 0. The molecule has 0 fully saturated rings. The van der Waals surface area contributed by atoms with Crippen LogP contribution in [0.15, 0.2) is 12.7 Å². The molecule has 0 amide bonds. The molecule has 0 unspecified atom stereocenters. The second-order valence-electron chi connectivity index (χ2n) is 1.37. The molecule has 0 saturated carbocycles. The highest BCUT2D eigenvalue weighted by Gasteiger charge is 2.12. The summed E-state index contributed by atoms with van der Waals surface area (Å²) in [4.78, 5) is 19.6. The molecule has 62 valence electrons. The molecule has 0 spiro atoms. The summed E-state index contributed by atoms with van der Waals surface area (Å²) in [7, 11) is 0. The van der Waals surface area contributed by atoms with Gasteiger partial charge in [0, 0.05) is 0 Å². The molecular formula is C5H6O6. The van der Waals surface area contributed by atoms with Gasteiger partial charge in [-0.05, 0) is 6.08 Å². The van der Waals surface area contributed by atoms with E-state index in [9.17, 15) is 9.59 Å². The lowest BCUT2D eigenvalue weighted by Gasteiger charge is -2.08. The van der Waals surface area contributed by atoms with Crippen LogP contribution >= 0.6 is 0 Å². The monoisotopic (exact) mass is 162 g/mol. The highest BCUT2D eigenvalue weighted by atomic mass is 16.8. The van der Waals surface area contributed by atoms with Gasteiger partial charge in [-0.1, -0.05) is 6.58 Å². The Morgan fingerprint density at radius 1 is 1.27 bits per heavy atom. The molecule has 0 aromatic rings. The molecule has 0 aliphatic rings. The molecule has 11 heavy (non-hydrogen) atoms. The van der Waals surface area contributed by atoms with Crippen LogP contribution in [-0.2, 0) is 9.47 Å². The maximum Gasteiger partial charge on any atom is 0.509 e. The van der Waals surface area contributed by atoms with Crippen molar-refractivity contribution in [2.45, 2.75) is 6.29 Å². The summed E-state index contributed by atoms with van der Waals surface area (Å²) in [5.74, 6) is 0. The van der Waals surface area contributed by atoms with Gasteiger partial charge in [0.15, 0.2) is 0 Å². The molecule has 0 bridgehead atoms. The van der Waals surface area contributed by atoms with Crippen LogP contribution in [0.3, 0.4) is 0 Å². The maximum absolute atomic E-state index is 9.81. The lowest BCUT2D eigenvalue weighted by molar-refractivity contribution is -0.0625. The number of hydrogen-bond acceptors (Lipinski definition) is 4. The Balaban J connectivity index is 3.85. The summed E-state index contributed by atoms with van der Waals surface area (Å²) >= 11 is 0. The van der Waals surface area contributed by atoms with Crippen LogP contribution in [0.1, 0.15) is 0 Å². The van der Waals surface area contributed by atoms with E-state index in [4.69, 9.17) is 10.2 Å². The predicted molar refractivity (Wildman–Crippen MR) is 32.2 cm³/mol. The molecule has 0 aliphatic carbocycles. The Labute approximate surface area is 61.6 Å². The molecule has 6 nitrogen and oxygen atoms in total. The number of hydrogen-bond donors (Lipinski definition) is 2. The van der Waals surface area contributed by atoms with E-state index in [-0.39, 0.29) is 0 Å². The zero-order chi connectivity index (χ0) is 8.85. The normalized spacial score (nSPS) is 8.82. The number of rotatable bonds is 3. The van der Waals surface area contributed by atoms with E-state index >= 15 is 0 Å². The highest BCUT2D eigenvalue weighted by Crippen LogP contribution is 1.96. The Hall–Kier alpha value is -1.72. The van der Waals surface area contributed by atoms with E-state index in [1.165, 1.54) is 0 Å². The molecular weight excluding hydrogens is 156 g/mol. The van der Waals surface area contributed by atoms with Gasteiger partial charge in [-0.3, -0.25) is 0 Å². The van der Waals surface area contributed by atoms with Gasteiger partial charge in [0.05, 0.1) is 0 Å². The molecule has 0 saturated heterocycles. The summed E-state index contributed by atoms with van der Waals surface area (Å²) in [5.41, 5.74) is 0. The smallest absolute Gasteiger partial charge is 0.450 e. The molecule has 0 radical (unpaired) electrons. The standard InChI is InChI=1S/C5H6O6/c1-2-3(10-4(6)7)11-5(8)9/h2-3H,1H2,(H,6,7)(H,8,9). The van der Waals surface area contributed by atoms with E-state index in [1.807, 2.05) is 0 Å². The average molecular weight is 162 g/mol. The summed E-state index contributed by atoms with van der Waals surface area (Å²) < 4.78 is 7.81. The summed E-state index contributed by atoms with van der Waals surface area (Å²) in [6.07, 6.45) is -3.82. The zero-order valence-corrected chi connectivity index (χ0v) is 5.39. The average Bonchev–Trinajstić information content (AvgIpc) is 1.84. The van der Waals surface area contributed by atoms with Gasteiger partial charge in [0.25, 0.3) is 6.29 Å². The van der Waals surface area contributed by atoms with Crippen molar-refractivity contribution in [2.75, 3.05) is 0 Å². The summed E-state index contributed by atoms with van der Waals surface area (Å²) in [5, 5.41) is 16.0. The first-order valence-corrected chi connectivity index (χ1v) is 2.48. The van der Waals surface area contributed by atoms with Crippen molar-refractivity contribution in [3.63, 3.8) is 0 Å². The lowest BCUT2D eigenvalue weighted by atomic mass is 10.6. The van der Waals surface area contributed by atoms with Crippen molar-refractivity contribution in [3.05, 3.63) is 12.7 Å². The fourth-order valence-corrected chi connectivity index (χ4v) is 0.319. The topological polar surface area (TPSA) is 93.1 Å². The van der Waals surface area contributed by atoms with E-state index in [0.717, 1.165) is 6.08 Å². The summed E-state index contributed by atoms with van der Waals surface area (Å²) in [6.45, 7) is 3.09. The van der Waals surface area contributed by atoms with Crippen LogP contribution in [-0.4, -0.2) is 28.8 Å². The van der Waals surface area contributed by atoms with E-state index in [0.29, 0.717) is 0 Å². The Morgan fingerprint density at radius 3 is 1.82 bits per heavy atom. The van der Waals surface area contributed by atoms with E-state index in [2.05, 4.69) is 16.1 Å². The first kappa shape index (κ1) is 9.28. The SMILES string of the molecule is C=CC(OC(=O)O)OC(=O)O. The molecule has 0 aliphatic heterocycles. The van der Waals surface area contributed by atoms with Crippen LogP contribution in [0.4, 0.5) is 9.59 Å². The largest absolute Gasteiger partial charge is 0.509 e. The van der Waals surface area contributed by atoms with Gasteiger partial charge in [-0.15, -0.1) is 0 Å². The fraction of sp³-hybridized carbons (Fsp3) is 0.200. The van der Waals surface area contributed by atoms with Gasteiger partial charge in [-0.2, -0.15) is 0 Å². The van der Waals surface area contributed by atoms with Gasteiger partial charge >= 0.3 is 12.3 Å². The van der Waals surface area contributed by atoms with E-state index < -0.39 is 18.6 Å². The maximum atomic E-state index is 9.81. The second kappa shape index (κ2) is 4.15. The van der Waals surface area contributed by atoms with Gasteiger partial charge in [-0.25, -0.2) is 9.59 Å². The first-order chi connectivity index (χ1) is 5.06. The fourth-order valence-electron chi connectivity index (χ4n) is 0.319. The zero-order valence-electron chi connectivity index (χ0n) is 5.39. The van der Waals surface area contributed by atoms with Crippen LogP contribution in [0.2, 0.25) is 0 Å². The Morgan fingerprint density at radius 2 is 1.64 bits per heavy atom. The third-order valence-electron chi connectivity index (χ3n) is 0.626. The van der Waals surface area contributed by atoms with Gasteiger partial charge in [0.2, 0.25) is 0 Å². The predicted octanol–water partition coefficient (Wildman–Crippen LogP) is 0.888. The minimum absolute atomic E-state index is 0.905. The van der Waals surface area contributed by atoms with Crippen molar-refractivity contribution in [2.24, 2.45) is 0 Å². The molecule has 0 aromatic heterocycles. The lowest BCUT2D eigenvalue weighted by Crippen LogP contribution is -2.20. The van der Waals surface area contributed by atoms with Gasteiger partial charge < -0.3 is 19.7 Å². The minimum atomic E-state index is -1.63. The first-order valence-electron chi connectivity index (χ1n) is 2.48. The van der Waals surface area contributed by atoms with Crippen LogP contribution in [0.5, 0.6) is 0 Å². The Bertz CT molecular complexity index is 158. The third kappa shape index (κ3) is 4.76. The van der Waals surface area contributed by atoms with Crippen LogP contribution in [0.25, 0.3) is 0 Å². The van der Waals surface area contributed by atoms with Crippen molar-refractivity contribution < 1.29 is 29.3 Å². The highest BCUT2D eigenvalue weighted by molar-refractivity contribution is 5.59. The van der Waals surface area contributed by atoms with Crippen molar-refractivity contribution >= 4 is 12.3 Å². The molecule has 0 rings (SSSR count).